The van der Waals surface area contributed by atoms with E-state index < -0.39 is 5.82 Å². The SMILES string of the molecule is C=CCCNc1nc(Cl)ncc1F. The Kier molecular flexibility index (Phi) is 3.64. The molecule has 1 heterocycles. The van der Waals surface area contributed by atoms with Gasteiger partial charge >= 0.3 is 0 Å². The van der Waals surface area contributed by atoms with Gasteiger partial charge in [0.05, 0.1) is 6.20 Å². The molecule has 1 N–H and O–H groups in total. The Morgan fingerprint density at radius 3 is 3.15 bits per heavy atom. The molecule has 13 heavy (non-hydrogen) atoms. The average molecular weight is 202 g/mol. The van der Waals surface area contributed by atoms with Crippen molar-refractivity contribution >= 4 is 17.4 Å². The van der Waals surface area contributed by atoms with Gasteiger partial charge in [-0.15, -0.1) is 6.58 Å². The lowest BCUT2D eigenvalue weighted by molar-refractivity contribution is 0.616. The van der Waals surface area contributed by atoms with Crippen molar-refractivity contribution < 1.29 is 4.39 Å². The lowest BCUT2D eigenvalue weighted by atomic mass is 10.4. The minimum Gasteiger partial charge on any atom is -0.367 e. The van der Waals surface area contributed by atoms with Crippen LogP contribution in [0.4, 0.5) is 10.2 Å². The van der Waals surface area contributed by atoms with Crippen LogP contribution >= 0.6 is 11.6 Å². The summed E-state index contributed by atoms with van der Waals surface area (Å²) in [5.74, 6) is -0.379. The summed E-state index contributed by atoms with van der Waals surface area (Å²) in [6, 6.07) is 0. The Balaban J connectivity index is 2.64. The van der Waals surface area contributed by atoms with Crippen molar-refractivity contribution in [1.29, 1.82) is 0 Å². The maximum Gasteiger partial charge on any atom is 0.224 e. The molecule has 0 radical (unpaired) electrons. The third-order valence-corrected chi connectivity index (χ3v) is 1.54. The zero-order chi connectivity index (χ0) is 9.68. The fourth-order valence-corrected chi connectivity index (χ4v) is 0.896. The van der Waals surface area contributed by atoms with E-state index in [4.69, 9.17) is 11.6 Å². The number of nitrogens with one attached hydrogen (secondary N) is 1. The van der Waals surface area contributed by atoms with Gasteiger partial charge in [-0.05, 0) is 18.0 Å². The first kappa shape index (κ1) is 9.92. The van der Waals surface area contributed by atoms with Crippen LogP contribution in [0.15, 0.2) is 18.9 Å². The number of aromatic nitrogens is 2. The highest BCUT2D eigenvalue weighted by molar-refractivity contribution is 6.28. The third-order valence-electron chi connectivity index (χ3n) is 1.36. The number of halogens is 2. The minimum atomic E-state index is -0.506. The van der Waals surface area contributed by atoms with Crippen LogP contribution in [-0.4, -0.2) is 16.5 Å². The second-order valence-electron chi connectivity index (χ2n) is 2.34. The van der Waals surface area contributed by atoms with Crippen molar-refractivity contribution in [2.75, 3.05) is 11.9 Å². The molecule has 70 valence electrons. The molecule has 1 rings (SSSR count). The molecule has 0 aliphatic rings. The lowest BCUT2D eigenvalue weighted by Gasteiger charge is -2.03. The van der Waals surface area contributed by atoms with Crippen LogP contribution in [0.25, 0.3) is 0 Å². The number of rotatable bonds is 4. The van der Waals surface area contributed by atoms with Gasteiger partial charge in [0.25, 0.3) is 0 Å². The quantitative estimate of drug-likeness (QED) is 0.461. The van der Waals surface area contributed by atoms with Crippen molar-refractivity contribution in [3.8, 4) is 0 Å². The van der Waals surface area contributed by atoms with Gasteiger partial charge in [-0.25, -0.2) is 9.37 Å². The van der Waals surface area contributed by atoms with E-state index in [2.05, 4.69) is 21.9 Å². The smallest absolute Gasteiger partial charge is 0.224 e. The van der Waals surface area contributed by atoms with Crippen LogP contribution in [0.1, 0.15) is 6.42 Å². The van der Waals surface area contributed by atoms with Crippen LogP contribution in [0, 0.1) is 5.82 Å². The van der Waals surface area contributed by atoms with Gasteiger partial charge in [0, 0.05) is 6.54 Å². The van der Waals surface area contributed by atoms with Crippen LogP contribution < -0.4 is 5.32 Å². The number of anilines is 1. The minimum absolute atomic E-state index is 0.0301. The van der Waals surface area contributed by atoms with E-state index in [9.17, 15) is 4.39 Å². The molecule has 0 amide bonds. The maximum absolute atomic E-state index is 12.9. The van der Waals surface area contributed by atoms with Crippen molar-refractivity contribution in [1.82, 2.24) is 9.97 Å². The zero-order valence-electron chi connectivity index (χ0n) is 6.93. The first-order valence-electron chi connectivity index (χ1n) is 3.77. The number of hydrogen-bond acceptors (Lipinski definition) is 3. The molecule has 0 saturated heterocycles. The summed E-state index contributed by atoms with van der Waals surface area (Å²) >= 11 is 5.48. The molecule has 3 nitrogen and oxygen atoms in total. The molecule has 0 aliphatic carbocycles. The fourth-order valence-electron chi connectivity index (χ4n) is 0.762. The van der Waals surface area contributed by atoms with Crippen LogP contribution in [0.2, 0.25) is 5.28 Å². The Bertz CT molecular complexity index is 303. The van der Waals surface area contributed by atoms with Gasteiger partial charge in [0.15, 0.2) is 11.6 Å². The molecule has 5 heteroatoms. The highest BCUT2D eigenvalue weighted by atomic mass is 35.5. The second kappa shape index (κ2) is 4.77. The van der Waals surface area contributed by atoms with Crippen molar-refractivity contribution in [2.45, 2.75) is 6.42 Å². The second-order valence-corrected chi connectivity index (χ2v) is 2.68. The molecule has 0 unspecified atom stereocenters. The first-order valence-corrected chi connectivity index (χ1v) is 4.14. The summed E-state index contributed by atoms with van der Waals surface area (Å²) in [6.07, 6.45) is 3.50. The molecule has 1 aromatic rings. The summed E-state index contributed by atoms with van der Waals surface area (Å²) in [6.45, 7) is 4.12. The molecular weight excluding hydrogens is 193 g/mol. The Hall–Kier alpha value is -1.16. The monoisotopic (exact) mass is 201 g/mol. The molecular formula is C8H9ClFN3. The molecule has 0 fully saturated rings. The normalized spacial score (nSPS) is 9.69. The lowest BCUT2D eigenvalue weighted by Crippen LogP contribution is -2.05. The maximum atomic E-state index is 12.9. The van der Waals surface area contributed by atoms with E-state index >= 15 is 0 Å². The predicted octanol–water partition coefficient (Wildman–Crippen LogP) is 2.26. The van der Waals surface area contributed by atoms with Gasteiger partial charge in [0.2, 0.25) is 5.28 Å². The van der Waals surface area contributed by atoms with Crippen LogP contribution in [0.5, 0.6) is 0 Å². The molecule has 0 atom stereocenters. The van der Waals surface area contributed by atoms with E-state index in [1.54, 1.807) is 6.08 Å². The van der Waals surface area contributed by atoms with Crippen molar-refractivity contribution in [3.05, 3.63) is 30.0 Å². The summed E-state index contributed by atoms with van der Waals surface area (Å²) in [4.78, 5) is 7.17. The van der Waals surface area contributed by atoms with Crippen LogP contribution in [0.3, 0.4) is 0 Å². The molecule has 1 aromatic heterocycles. The topological polar surface area (TPSA) is 37.8 Å². The summed E-state index contributed by atoms with van der Waals surface area (Å²) in [5, 5.41) is 2.80. The predicted molar refractivity (Wildman–Crippen MR) is 50.3 cm³/mol. The Labute approximate surface area is 80.7 Å². The van der Waals surface area contributed by atoms with Crippen molar-refractivity contribution in [2.24, 2.45) is 0 Å². The summed E-state index contributed by atoms with van der Waals surface area (Å²) in [5.41, 5.74) is 0. The largest absolute Gasteiger partial charge is 0.367 e. The molecule has 0 bridgehead atoms. The number of hydrogen-bond donors (Lipinski definition) is 1. The molecule has 0 spiro atoms. The van der Waals surface area contributed by atoms with E-state index in [-0.39, 0.29) is 11.1 Å². The summed E-state index contributed by atoms with van der Waals surface area (Å²) in [7, 11) is 0. The Morgan fingerprint density at radius 1 is 1.69 bits per heavy atom. The summed E-state index contributed by atoms with van der Waals surface area (Å²) < 4.78 is 12.9. The van der Waals surface area contributed by atoms with Gasteiger partial charge < -0.3 is 5.32 Å². The van der Waals surface area contributed by atoms with Gasteiger partial charge in [0.1, 0.15) is 0 Å². The van der Waals surface area contributed by atoms with E-state index in [0.29, 0.717) is 6.54 Å². The average Bonchev–Trinajstić information content (AvgIpc) is 2.11. The molecule has 0 aromatic carbocycles. The van der Waals surface area contributed by atoms with E-state index in [0.717, 1.165) is 12.6 Å². The Morgan fingerprint density at radius 2 is 2.46 bits per heavy atom. The molecule has 0 saturated carbocycles. The van der Waals surface area contributed by atoms with E-state index in [1.165, 1.54) is 0 Å². The van der Waals surface area contributed by atoms with Gasteiger partial charge in [-0.1, -0.05) is 6.08 Å². The highest BCUT2D eigenvalue weighted by Gasteiger charge is 2.03. The van der Waals surface area contributed by atoms with Gasteiger partial charge in [-0.2, -0.15) is 4.98 Å². The van der Waals surface area contributed by atoms with Gasteiger partial charge in [-0.3, -0.25) is 0 Å². The highest BCUT2D eigenvalue weighted by Crippen LogP contribution is 2.11. The zero-order valence-corrected chi connectivity index (χ0v) is 7.68. The third kappa shape index (κ3) is 2.99. The first-order chi connectivity index (χ1) is 6.24. The molecule has 0 aliphatic heterocycles. The number of nitrogens with zero attached hydrogens (tertiary/aromatic N) is 2. The van der Waals surface area contributed by atoms with E-state index in [1.807, 2.05) is 0 Å². The fraction of sp³-hybridized carbons (Fsp3) is 0.250. The standard InChI is InChI=1S/C8H9ClFN3/c1-2-3-4-11-7-6(10)5-12-8(9)13-7/h2,5H,1,3-4H2,(H,11,12,13). The van der Waals surface area contributed by atoms with Crippen LogP contribution in [-0.2, 0) is 0 Å². The van der Waals surface area contributed by atoms with Crippen molar-refractivity contribution in [3.63, 3.8) is 0 Å².